The summed E-state index contributed by atoms with van der Waals surface area (Å²) in [6, 6.07) is 11.3. The first-order valence-corrected chi connectivity index (χ1v) is 9.40. The summed E-state index contributed by atoms with van der Waals surface area (Å²) in [6.07, 6.45) is 0.203. The van der Waals surface area contributed by atoms with Crippen molar-refractivity contribution in [3.05, 3.63) is 47.5 Å². The van der Waals surface area contributed by atoms with Gasteiger partial charge >= 0.3 is 0 Å². The van der Waals surface area contributed by atoms with E-state index in [-0.39, 0.29) is 24.2 Å². The smallest absolute Gasteiger partial charge is 0.227 e. The van der Waals surface area contributed by atoms with Gasteiger partial charge in [0.25, 0.3) is 0 Å². The number of hydrogen-bond acceptors (Lipinski definition) is 5. The van der Waals surface area contributed by atoms with Crippen LogP contribution >= 0.6 is 0 Å². The Morgan fingerprint density at radius 3 is 2.24 bits per heavy atom. The molecule has 7 heteroatoms. The van der Waals surface area contributed by atoms with Gasteiger partial charge in [0.1, 0.15) is 0 Å². The first-order valence-electron chi connectivity index (χ1n) is 9.40. The molecule has 1 aliphatic heterocycles. The molecule has 0 radical (unpaired) electrons. The molecule has 1 fully saturated rings. The molecule has 1 atom stereocenters. The van der Waals surface area contributed by atoms with Crippen LogP contribution in [0.2, 0.25) is 0 Å². The average molecular weight is 398 g/mol. The second-order valence-corrected chi connectivity index (χ2v) is 6.99. The molecule has 0 spiro atoms. The van der Waals surface area contributed by atoms with E-state index < -0.39 is 0 Å². The number of carbonyl (C=O) groups excluding carboxylic acids is 2. The van der Waals surface area contributed by atoms with Gasteiger partial charge in [-0.25, -0.2) is 0 Å². The van der Waals surface area contributed by atoms with Gasteiger partial charge in [0.15, 0.2) is 11.5 Å². The van der Waals surface area contributed by atoms with E-state index in [9.17, 15) is 9.59 Å². The quantitative estimate of drug-likeness (QED) is 0.776. The van der Waals surface area contributed by atoms with Crippen LogP contribution in [-0.4, -0.2) is 39.7 Å². The highest BCUT2D eigenvalue weighted by Crippen LogP contribution is 2.38. The van der Waals surface area contributed by atoms with E-state index >= 15 is 0 Å². The Morgan fingerprint density at radius 2 is 1.69 bits per heavy atom. The van der Waals surface area contributed by atoms with E-state index in [1.54, 1.807) is 38.4 Å². The average Bonchev–Trinajstić information content (AvgIpc) is 3.13. The van der Waals surface area contributed by atoms with Crippen LogP contribution in [0.25, 0.3) is 0 Å². The molecule has 1 heterocycles. The molecule has 2 aromatic carbocycles. The third kappa shape index (κ3) is 4.45. The standard InChI is InChI=1S/C22H26N2O5/c1-14-5-7-17(8-6-14)24-13-16(11-20(24)25)22(26)23-12-15-9-18(27-2)21(29-4)19(10-15)28-3/h5-10,16H,11-13H2,1-4H3,(H,23,26). The maximum absolute atomic E-state index is 12.7. The lowest BCUT2D eigenvalue weighted by atomic mass is 10.1. The Morgan fingerprint density at radius 1 is 1.07 bits per heavy atom. The van der Waals surface area contributed by atoms with E-state index in [2.05, 4.69) is 5.32 Å². The third-order valence-corrected chi connectivity index (χ3v) is 5.03. The fourth-order valence-electron chi connectivity index (χ4n) is 3.43. The van der Waals surface area contributed by atoms with Crippen LogP contribution in [0, 0.1) is 12.8 Å². The summed E-state index contributed by atoms with van der Waals surface area (Å²) < 4.78 is 16.0. The van der Waals surface area contributed by atoms with Crippen LogP contribution in [0.1, 0.15) is 17.5 Å². The summed E-state index contributed by atoms with van der Waals surface area (Å²) >= 11 is 0. The van der Waals surface area contributed by atoms with Crippen molar-refractivity contribution in [1.82, 2.24) is 5.32 Å². The first-order chi connectivity index (χ1) is 14.0. The number of nitrogens with zero attached hydrogens (tertiary/aromatic N) is 1. The Labute approximate surface area is 170 Å². The van der Waals surface area contributed by atoms with E-state index in [0.29, 0.717) is 30.3 Å². The number of anilines is 1. The molecule has 7 nitrogen and oxygen atoms in total. The molecule has 1 N–H and O–H groups in total. The molecule has 29 heavy (non-hydrogen) atoms. The zero-order chi connectivity index (χ0) is 21.0. The number of ether oxygens (including phenoxy) is 3. The van der Waals surface area contributed by atoms with Gasteiger partial charge in [-0.2, -0.15) is 0 Å². The predicted molar refractivity (Wildman–Crippen MR) is 110 cm³/mol. The van der Waals surface area contributed by atoms with Gasteiger partial charge in [0.2, 0.25) is 17.6 Å². The van der Waals surface area contributed by atoms with Crippen molar-refractivity contribution >= 4 is 17.5 Å². The highest BCUT2D eigenvalue weighted by atomic mass is 16.5. The monoisotopic (exact) mass is 398 g/mol. The van der Waals surface area contributed by atoms with Gasteiger partial charge < -0.3 is 24.4 Å². The van der Waals surface area contributed by atoms with Crippen LogP contribution in [0.4, 0.5) is 5.69 Å². The molecule has 3 rings (SSSR count). The number of aryl methyl sites for hydroxylation is 1. The maximum Gasteiger partial charge on any atom is 0.227 e. The molecule has 154 valence electrons. The summed E-state index contributed by atoms with van der Waals surface area (Å²) in [5.41, 5.74) is 2.76. The number of rotatable bonds is 7. The number of nitrogens with one attached hydrogen (secondary N) is 1. The van der Waals surface area contributed by atoms with Gasteiger partial charge in [0, 0.05) is 25.2 Å². The van der Waals surface area contributed by atoms with Crippen molar-refractivity contribution in [3.8, 4) is 17.2 Å². The van der Waals surface area contributed by atoms with Gasteiger partial charge in [-0.15, -0.1) is 0 Å². The minimum Gasteiger partial charge on any atom is -0.493 e. The first kappa shape index (κ1) is 20.5. The Hall–Kier alpha value is -3.22. The van der Waals surface area contributed by atoms with Gasteiger partial charge in [-0.3, -0.25) is 9.59 Å². The zero-order valence-electron chi connectivity index (χ0n) is 17.2. The van der Waals surface area contributed by atoms with Crippen molar-refractivity contribution in [2.24, 2.45) is 5.92 Å². The van der Waals surface area contributed by atoms with Crippen LogP contribution in [-0.2, 0) is 16.1 Å². The molecule has 0 aromatic heterocycles. The molecule has 1 unspecified atom stereocenters. The normalized spacial score (nSPS) is 15.9. The van der Waals surface area contributed by atoms with Crippen molar-refractivity contribution in [2.75, 3.05) is 32.8 Å². The lowest BCUT2D eigenvalue weighted by Gasteiger charge is -2.17. The SMILES string of the molecule is COc1cc(CNC(=O)C2CC(=O)N(c3ccc(C)cc3)C2)cc(OC)c1OC. The molecule has 1 saturated heterocycles. The van der Waals surface area contributed by atoms with E-state index in [4.69, 9.17) is 14.2 Å². The van der Waals surface area contributed by atoms with Crippen LogP contribution in [0.5, 0.6) is 17.2 Å². The molecular formula is C22H26N2O5. The third-order valence-electron chi connectivity index (χ3n) is 5.03. The van der Waals surface area contributed by atoms with Gasteiger partial charge in [-0.1, -0.05) is 17.7 Å². The van der Waals surface area contributed by atoms with Gasteiger partial charge in [0.05, 0.1) is 27.2 Å². The molecular weight excluding hydrogens is 372 g/mol. The highest BCUT2D eigenvalue weighted by Gasteiger charge is 2.35. The largest absolute Gasteiger partial charge is 0.493 e. The zero-order valence-corrected chi connectivity index (χ0v) is 17.2. The molecule has 2 aromatic rings. The molecule has 0 saturated carbocycles. The van der Waals surface area contributed by atoms with E-state index in [1.807, 2.05) is 31.2 Å². The summed E-state index contributed by atoms with van der Waals surface area (Å²) in [6.45, 7) is 2.67. The van der Waals surface area contributed by atoms with E-state index in [1.165, 1.54) is 0 Å². The minimum absolute atomic E-state index is 0.0400. The van der Waals surface area contributed by atoms with Crippen molar-refractivity contribution in [1.29, 1.82) is 0 Å². The van der Waals surface area contributed by atoms with Crippen molar-refractivity contribution in [3.63, 3.8) is 0 Å². The second-order valence-electron chi connectivity index (χ2n) is 6.99. The number of hydrogen-bond donors (Lipinski definition) is 1. The number of amides is 2. The van der Waals surface area contributed by atoms with Crippen molar-refractivity contribution < 1.29 is 23.8 Å². The molecule has 1 aliphatic rings. The minimum atomic E-state index is -0.383. The van der Waals surface area contributed by atoms with Crippen molar-refractivity contribution in [2.45, 2.75) is 19.9 Å². The highest BCUT2D eigenvalue weighted by molar-refractivity contribution is 6.00. The summed E-state index contributed by atoms with van der Waals surface area (Å²) in [5, 5.41) is 2.91. The Balaban J connectivity index is 1.65. The van der Waals surface area contributed by atoms with Gasteiger partial charge in [-0.05, 0) is 36.8 Å². The predicted octanol–water partition coefficient (Wildman–Crippen LogP) is 2.69. The fourth-order valence-corrected chi connectivity index (χ4v) is 3.43. The van der Waals surface area contributed by atoms with E-state index in [0.717, 1.165) is 16.8 Å². The summed E-state index contributed by atoms with van der Waals surface area (Å²) in [7, 11) is 4.63. The van der Waals surface area contributed by atoms with Crippen LogP contribution in [0.3, 0.4) is 0 Å². The lowest BCUT2D eigenvalue weighted by Crippen LogP contribution is -2.32. The lowest BCUT2D eigenvalue weighted by molar-refractivity contribution is -0.126. The summed E-state index contributed by atoms with van der Waals surface area (Å²) in [4.78, 5) is 26.7. The molecule has 0 aliphatic carbocycles. The molecule has 0 bridgehead atoms. The molecule has 2 amide bonds. The second kappa shape index (κ2) is 8.86. The fraction of sp³-hybridized carbons (Fsp3) is 0.364. The van der Waals surface area contributed by atoms with Crippen LogP contribution < -0.4 is 24.4 Å². The van der Waals surface area contributed by atoms with Crippen LogP contribution in [0.15, 0.2) is 36.4 Å². The maximum atomic E-state index is 12.7. The topological polar surface area (TPSA) is 77.1 Å². The Kier molecular flexibility index (Phi) is 6.26. The Bertz CT molecular complexity index is 870. The number of benzene rings is 2. The summed E-state index contributed by atoms with van der Waals surface area (Å²) in [5.74, 6) is 0.977. The number of methoxy groups -OCH3 is 3. The number of carbonyl (C=O) groups is 2.